The van der Waals surface area contributed by atoms with E-state index >= 15 is 0 Å². The molecule has 1 amide bonds. The molecule has 2 aromatic heterocycles. The van der Waals surface area contributed by atoms with Gasteiger partial charge in [-0.1, -0.05) is 0 Å². The maximum Gasteiger partial charge on any atom is 0.267 e. The molecule has 7 heteroatoms. The number of amides is 1. The van der Waals surface area contributed by atoms with E-state index in [9.17, 15) is 9.59 Å². The molecule has 0 spiro atoms. The minimum atomic E-state index is -0.287. The standard InChI is InChI=1S/C13H14N4O2S/c18-11(15-13-14-5-6-20-13)8-17-12(19)7-9-3-1-2-4-10(9)16-17/h5-7H,1-4,8H2,(H,14,15,18). The summed E-state index contributed by atoms with van der Waals surface area (Å²) in [6, 6.07) is 1.61. The molecule has 2 heterocycles. The van der Waals surface area contributed by atoms with Crippen LogP contribution >= 0.6 is 11.3 Å². The number of fused-ring (bicyclic) bond motifs is 1. The highest BCUT2D eigenvalue weighted by Crippen LogP contribution is 2.17. The Morgan fingerprint density at radius 2 is 2.25 bits per heavy atom. The summed E-state index contributed by atoms with van der Waals surface area (Å²) in [6.45, 7) is -0.0777. The van der Waals surface area contributed by atoms with Crippen molar-refractivity contribution in [1.82, 2.24) is 14.8 Å². The van der Waals surface area contributed by atoms with Gasteiger partial charge in [0.25, 0.3) is 5.56 Å². The number of aromatic nitrogens is 3. The predicted molar refractivity (Wildman–Crippen MR) is 75.9 cm³/mol. The minimum absolute atomic E-state index is 0.0777. The maximum atomic E-state index is 11.9. The number of nitrogens with one attached hydrogen (secondary N) is 1. The lowest BCUT2D eigenvalue weighted by atomic mass is 9.97. The molecule has 2 aromatic rings. The fourth-order valence-electron chi connectivity index (χ4n) is 2.29. The molecule has 0 aromatic carbocycles. The average molecular weight is 290 g/mol. The number of nitrogens with zero attached hydrogens (tertiary/aromatic N) is 3. The Morgan fingerprint density at radius 1 is 1.40 bits per heavy atom. The van der Waals surface area contributed by atoms with Crippen LogP contribution in [0, 0.1) is 0 Å². The molecular weight excluding hydrogens is 276 g/mol. The van der Waals surface area contributed by atoms with E-state index in [0.717, 1.165) is 36.9 Å². The molecule has 0 atom stereocenters. The number of carbonyl (C=O) groups excluding carboxylic acids is 1. The van der Waals surface area contributed by atoms with Crippen LogP contribution in [0.25, 0.3) is 0 Å². The van der Waals surface area contributed by atoms with Crippen molar-refractivity contribution in [1.29, 1.82) is 0 Å². The molecule has 0 saturated carbocycles. The van der Waals surface area contributed by atoms with Crippen LogP contribution in [0.4, 0.5) is 5.13 Å². The molecule has 1 aliphatic rings. The molecule has 0 radical (unpaired) electrons. The molecule has 0 fully saturated rings. The molecule has 6 nitrogen and oxygen atoms in total. The van der Waals surface area contributed by atoms with E-state index in [0.29, 0.717) is 5.13 Å². The van der Waals surface area contributed by atoms with Gasteiger partial charge in [0.2, 0.25) is 5.91 Å². The summed E-state index contributed by atoms with van der Waals surface area (Å²) in [7, 11) is 0. The van der Waals surface area contributed by atoms with Crippen molar-refractivity contribution in [2.24, 2.45) is 0 Å². The van der Waals surface area contributed by atoms with Crippen molar-refractivity contribution in [2.75, 3.05) is 5.32 Å². The van der Waals surface area contributed by atoms with Crippen molar-refractivity contribution < 1.29 is 4.79 Å². The van der Waals surface area contributed by atoms with Gasteiger partial charge in [0, 0.05) is 17.6 Å². The number of hydrogen-bond donors (Lipinski definition) is 1. The van der Waals surface area contributed by atoms with Gasteiger partial charge in [-0.15, -0.1) is 11.3 Å². The summed E-state index contributed by atoms with van der Waals surface area (Å²) in [5.74, 6) is -0.287. The van der Waals surface area contributed by atoms with Crippen molar-refractivity contribution in [3.8, 4) is 0 Å². The van der Waals surface area contributed by atoms with Crippen LogP contribution in [0.15, 0.2) is 22.4 Å². The van der Waals surface area contributed by atoms with Gasteiger partial charge in [-0.2, -0.15) is 5.10 Å². The highest BCUT2D eigenvalue weighted by Gasteiger charge is 2.14. The van der Waals surface area contributed by atoms with Crippen LogP contribution in [0.3, 0.4) is 0 Å². The molecular formula is C13H14N4O2S. The average Bonchev–Trinajstić information content (AvgIpc) is 2.92. The lowest BCUT2D eigenvalue weighted by Gasteiger charge is -2.15. The first-order chi connectivity index (χ1) is 9.72. The highest BCUT2D eigenvalue weighted by molar-refractivity contribution is 7.13. The van der Waals surface area contributed by atoms with Crippen LogP contribution in [0.5, 0.6) is 0 Å². The molecule has 0 bridgehead atoms. The van der Waals surface area contributed by atoms with Crippen molar-refractivity contribution in [3.05, 3.63) is 39.3 Å². The number of thiazole rings is 1. The van der Waals surface area contributed by atoms with E-state index < -0.39 is 0 Å². The monoisotopic (exact) mass is 290 g/mol. The summed E-state index contributed by atoms with van der Waals surface area (Å²) >= 11 is 1.34. The van der Waals surface area contributed by atoms with Gasteiger partial charge >= 0.3 is 0 Å². The Hall–Kier alpha value is -2.02. The summed E-state index contributed by atoms with van der Waals surface area (Å²) < 4.78 is 1.23. The van der Waals surface area contributed by atoms with Crippen LogP contribution in [-0.4, -0.2) is 20.7 Å². The Kier molecular flexibility index (Phi) is 3.60. The molecule has 1 N–H and O–H groups in total. The third-order valence-corrected chi connectivity index (χ3v) is 3.93. The van der Waals surface area contributed by atoms with Gasteiger partial charge in [-0.25, -0.2) is 9.67 Å². The van der Waals surface area contributed by atoms with Crippen LogP contribution in [0.2, 0.25) is 0 Å². The Balaban J connectivity index is 1.77. The first-order valence-corrected chi connectivity index (χ1v) is 7.39. The van der Waals surface area contributed by atoms with E-state index in [2.05, 4.69) is 15.4 Å². The Bertz CT molecular complexity index is 678. The quantitative estimate of drug-likeness (QED) is 0.922. The molecule has 104 valence electrons. The third-order valence-electron chi connectivity index (χ3n) is 3.25. The smallest absolute Gasteiger partial charge is 0.267 e. The van der Waals surface area contributed by atoms with E-state index in [4.69, 9.17) is 0 Å². The SMILES string of the molecule is O=C(Cn1nc2c(cc1=O)CCCC2)Nc1nccs1. The van der Waals surface area contributed by atoms with Crippen LogP contribution < -0.4 is 10.9 Å². The van der Waals surface area contributed by atoms with Crippen molar-refractivity contribution in [3.63, 3.8) is 0 Å². The molecule has 20 heavy (non-hydrogen) atoms. The molecule has 1 aliphatic carbocycles. The molecule has 3 rings (SSSR count). The van der Waals surface area contributed by atoms with E-state index in [1.807, 2.05) is 0 Å². The van der Waals surface area contributed by atoms with Gasteiger partial charge in [0.1, 0.15) is 6.54 Å². The second kappa shape index (κ2) is 5.54. The summed E-state index contributed by atoms with van der Waals surface area (Å²) in [6.07, 6.45) is 5.59. The first kappa shape index (κ1) is 13.0. The Morgan fingerprint density at radius 3 is 3.05 bits per heavy atom. The largest absolute Gasteiger partial charge is 0.300 e. The number of aryl methyl sites for hydroxylation is 2. The second-order valence-corrected chi connectivity index (χ2v) is 5.60. The number of hydrogen-bond acceptors (Lipinski definition) is 5. The predicted octanol–water partition coefficient (Wildman–Crippen LogP) is 1.22. The fourth-order valence-corrected chi connectivity index (χ4v) is 2.84. The van der Waals surface area contributed by atoms with Crippen LogP contribution in [0.1, 0.15) is 24.1 Å². The minimum Gasteiger partial charge on any atom is -0.300 e. The topological polar surface area (TPSA) is 76.9 Å². The van der Waals surface area contributed by atoms with Crippen LogP contribution in [-0.2, 0) is 24.2 Å². The summed E-state index contributed by atoms with van der Waals surface area (Å²) in [4.78, 5) is 27.8. The van der Waals surface area contributed by atoms with Gasteiger partial charge in [-0.05, 0) is 31.2 Å². The molecule has 0 unspecified atom stereocenters. The zero-order chi connectivity index (χ0) is 13.9. The number of rotatable bonds is 3. The van der Waals surface area contributed by atoms with Gasteiger partial charge in [-0.3, -0.25) is 9.59 Å². The van der Waals surface area contributed by atoms with Gasteiger partial charge < -0.3 is 5.32 Å². The lowest BCUT2D eigenvalue weighted by Crippen LogP contribution is -2.31. The fraction of sp³-hybridized carbons (Fsp3) is 0.385. The van der Waals surface area contributed by atoms with E-state index in [-0.39, 0.29) is 18.0 Å². The molecule has 0 saturated heterocycles. The normalized spacial score (nSPS) is 13.8. The first-order valence-electron chi connectivity index (χ1n) is 6.51. The lowest BCUT2D eigenvalue weighted by molar-refractivity contribution is -0.117. The molecule has 0 aliphatic heterocycles. The summed E-state index contributed by atoms with van der Waals surface area (Å²) in [5.41, 5.74) is 1.75. The maximum absolute atomic E-state index is 11.9. The van der Waals surface area contributed by atoms with Gasteiger partial charge in [0.15, 0.2) is 5.13 Å². The van der Waals surface area contributed by atoms with Crippen molar-refractivity contribution in [2.45, 2.75) is 32.2 Å². The van der Waals surface area contributed by atoms with E-state index in [1.54, 1.807) is 17.6 Å². The number of carbonyl (C=O) groups is 1. The second-order valence-electron chi connectivity index (χ2n) is 4.70. The third kappa shape index (κ3) is 2.77. The zero-order valence-corrected chi connectivity index (χ0v) is 11.7. The van der Waals surface area contributed by atoms with E-state index in [1.165, 1.54) is 16.0 Å². The zero-order valence-electron chi connectivity index (χ0n) is 10.8. The highest BCUT2D eigenvalue weighted by atomic mass is 32.1. The van der Waals surface area contributed by atoms with Gasteiger partial charge in [0.05, 0.1) is 5.69 Å². The Labute approximate surface area is 119 Å². The van der Waals surface area contributed by atoms with Crippen molar-refractivity contribution >= 4 is 22.4 Å². The number of anilines is 1. The summed E-state index contributed by atoms with van der Waals surface area (Å²) in [5, 5.41) is 9.26.